The zero-order chi connectivity index (χ0) is 15.4. The molecule has 2 rings (SSSR count). The van der Waals surface area contributed by atoms with Crippen LogP contribution in [0, 0.1) is 27.3 Å². The van der Waals surface area contributed by atoms with Gasteiger partial charge in [-0.15, -0.1) is 0 Å². The number of hydrazine groups is 1. The predicted molar refractivity (Wildman–Crippen MR) is 70.9 cm³/mol. The van der Waals surface area contributed by atoms with Crippen molar-refractivity contribution in [3.63, 3.8) is 0 Å². The summed E-state index contributed by atoms with van der Waals surface area (Å²) in [5.41, 5.74) is 1.74. The smallest absolute Gasteiger partial charge is 0.329 e. The van der Waals surface area contributed by atoms with Crippen molar-refractivity contribution in [2.24, 2.45) is 5.84 Å². The Morgan fingerprint density at radius 3 is 2.81 bits per heavy atom. The van der Waals surface area contributed by atoms with E-state index in [1.54, 1.807) is 6.07 Å². The van der Waals surface area contributed by atoms with Crippen LogP contribution >= 0.6 is 0 Å². The second-order valence-electron chi connectivity index (χ2n) is 3.76. The molecule has 0 atom stereocenters. The van der Waals surface area contributed by atoms with E-state index in [2.05, 4.69) is 20.7 Å². The third-order valence-electron chi connectivity index (χ3n) is 2.45. The summed E-state index contributed by atoms with van der Waals surface area (Å²) in [6.07, 6.45) is 0.937. The zero-order valence-electron chi connectivity index (χ0n) is 10.4. The number of nitriles is 1. The van der Waals surface area contributed by atoms with Crippen LogP contribution in [-0.2, 0) is 0 Å². The molecule has 0 saturated carbocycles. The average molecular weight is 289 g/mol. The van der Waals surface area contributed by atoms with Gasteiger partial charge in [0, 0.05) is 0 Å². The highest BCUT2D eigenvalue weighted by Gasteiger charge is 2.18. The molecular formula is C11H8FN7O2. The standard InChI is InChI=1S/C11H8FN7O2/c12-7-3-6(4-13)1-2-8(7)16-10-9(19(20)21)5-15-11(17-10)18-14/h1-3,5H,14H2,(H2,15,16,17,18). The Hall–Kier alpha value is -3.32. The SMILES string of the molecule is N#Cc1ccc(Nc2nc(NN)ncc2[N+](=O)[O-])c(F)c1. The van der Waals surface area contributed by atoms with Gasteiger partial charge in [-0.3, -0.25) is 15.5 Å². The van der Waals surface area contributed by atoms with Crippen molar-refractivity contribution in [3.8, 4) is 6.07 Å². The molecule has 106 valence electrons. The first-order valence-corrected chi connectivity index (χ1v) is 5.50. The van der Waals surface area contributed by atoms with E-state index in [1.165, 1.54) is 12.1 Å². The van der Waals surface area contributed by atoms with Gasteiger partial charge in [-0.1, -0.05) is 0 Å². The molecule has 4 N–H and O–H groups in total. The van der Waals surface area contributed by atoms with Crippen LogP contribution in [0.3, 0.4) is 0 Å². The van der Waals surface area contributed by atoms with E-state index in [0.717, 1.165) is 12.3 Å². The fourth-order valence-corrected chi connectivity index (χ4v) is 1.48. The lowest BCUT2D eigenvalue weighted by atomic mass is 10.2. The quantitative estimate of drug-likeness (QED) is 0.435. The van der Waals surface area contributed by atoms with E-state index in [-0.39, 0.29) is 23.0 Å². The van der Waals surface area contributed by atoms with E-state index >= 15 is 0 Å². The van der Waals surface area contributed by atoms with Crippen molar-refractivity contribution in [3.05, 3.63) is 45.9 Å². The molecule has 1 aromatic carbocycles. The first-order valence-electron chi connectivity index (χ1n) is 5.50. The number of aromatic nitrogens is 2. The molecule has 1 aromatic heterocycles. The van der Waals surface area contributed by atoms with Gasteiger partial charge in [0.15, 0.2) is 0 Å². The first-order chi connectivity index (χ1) is 10.0. The Balaban J connectivity index is 2.43. The van der Waals surface area contributed by atoms with Gasteiger partial charge in [0.1, 0.15) is 12.0 Å². The van der Waals surface area contributed by atoms with Gasteiger partial charge in [-0.05, 0) is 18.2 Å². The van der Waals surface area contributed by atoms with Crippen molar-refractivity contribution < 1.29 is 9.31 Å². The normalized spacial score (nSPS) is 9.76. The predicted octanol–water partition coefficient (Wildman–Crippen LogP) is 1.42. The lowest BCUT2D eigenvalue weighted by Crippen LogP contribution is -2.12. The maximum atomic E-state index is 13.8. The Morgan fingerprint density at radius 2 is 2.24 bits per heavy atom. The van der Waals surface area contributed by atoms with E-state index in [1.807, 2.05) is 0 Å². The summed E-state index contributed by atoms with van der Waals surface area (Å²) in [7, 11) is 0. The van der Waals surface area contributed by atoms with Gasteiger partial charge >= 0.3 is 5.69 Å². The number of hydrogen-bond donors (Lipinski definition) is 3. The van der Waals surface area contributed by atoms with Crippen LogP contribution < -0.4 is 16.6 Å². The lowest BCUT2D eigenvalue weighted by Gasteiger charge is -2.08. The Labute approximate surface area is 117 Å². The van der Waals surface area contributed by atoms with E-state index in [9.17, 15) is 14.5 Å². The first kappa shape index (κ1) is 14.1. The topological polar surface area (TPSA) is 143 Å². The van der Waals surface area contributed by atoms with Crippen molar-refractivity contribution in [1.29, 1.82) is 5.26 Å². The molecule has 21 heavy (non-hydrogen) atoms. The second kappa shape index (κ2) is 5.76. The maximum absolute atomic E-state index is 13.8. The number of nitrogens with two attached hydrogens (primary N) is 1. The summed E-state index contributed by atoms with van der Waals surface area (Å²) in [5, 5.41) is 22.0. The van der Waals surface area contributed by atoms with Crippen molar-refractivity contribution in [2.45, 2.75) is 0 Å². The van der Waals surface area contributed by atoms with E-state index in [4.69, 9.17) is 11.1 Å². The van der Waals surface area contributed by atoms with Crippen molar-refractivity contribution in [2.75, 3.05) is 10.7 Å². The van der Waals surface area contributed by atoms with E-state index < -0.39 is 16.4 Å². The zero-order valence-corrected chi connectivity index (χ0v) is 10.4. The van der Waals surface area contributed by atoms with Gasteiger partial charge < -0.3 is 5.32 Å². The number of nitrogen functional groups attached to an aromatic ring is 1. The summed E-state index contributed by atoms with van der Waals surface area (Å²) in [6.45, 7) is 0. The minimum Gasteiger partial charge on any atom is -0.332 e. The third-order valence-corrected chi connectivity index (χ3v) is 2.45. The number of halogens is 1. The maximum Gasteiger partial charge on any atom is 0.329 e. The molecule has 0 fully saturated rings. The number of benzene rings is 1. The molecule has 0 amide bonds. The molecule has 9 nitrogen and oxygen atoms in total. The van der Waals surface area contributed by atoms with Crippen molar-refractivity contribution in [1.82, 2.24) is 9.97 Å². The monoisotopic (exact) mass is 289 g/mol. The highest BCUT2D eigenvalue weighted by atomic mass is 19.1. The molecule has 10 heteroatoms. The van der Waals surface area contributed by atoms with E-state index in [0.29, 0.717) is 0 Å². The van der Waals surface area contributed by atoms with Crippen LogP contribution in [0.5, 0.6) is 0 Å². The molecule has 0 bridgehead atoms. The highest BCUT2D eigenvalue weighted by Crippen LogP contribution is 2.27. The molecule has 0 saturated heterocycles. The Morgan fingerprint density at radius 1 is 1.48 bits per heavy atom. The third kappa shape index (κ3) is 2.99. The number of anilines is 3. The second-order valence-corrected chi connectivity index (χ2v) is 3.76. The molecule has 0 aliphatic heterocycles. The fraction of sp³-hybridized carbons (Fsp3) is 0. The molecule has 1 heterocycles. The number of rotatable bonds is 4. The minimum absolute atomic E-state index is 0.0706. The van der Waals surface area contributed by atoms with Crippen LogP contribution in [0.1, 0.15) is 5.56 Å². The number of nitrogens with zero attached hydrogens (tertiary/aromatic N) is 4. The summed E-state index contributed by atoms with van der Waals surface area (Å²) in [5.74, 6) is 4.08. The summed E-state index contributed by atoms with van der Waals surface area (Å²) < 4.78 is 13.8. The summed E-state index contributed by atoms with van der Waals surface area (Å²) >= 11 is 0. The average Bonchev–Trinajstić information content (AvgIpc) is 2.48. The van der Waals surface area contributed by atoms with Gasteiger partial charge in [-0.25, -0.2) is 15.2 Å². The lowest BCUT2D eigenvalue weighted by molar-refractivity contribution is -0.384. The molecular weight excluding hydrogens is 281 g/mol. The number of nitrogens with one attached hydrogen (secondary N) is 2. The van der Waals surface area contributed by atoms with Gasteiger partial charge in [0.05, 0.1) is 22.2 Å². The van der Waals surface area contributed by atoms with Gasteiger partial charge in [-0.2, -0.15) is 10.2 Å². The van der Waals surface area contributed by atoms with Gasteiger partial charge in [0.2, 0.25) is 11.8 Å². The number of nitro groups is 1. The van der Waals surface area contributed by atoms with Crippen molar-refractivity contribution >= 4 is 23.1 Å². The minimum atomic E-state index is -0.746. The van der Waals surface area contributed by atoms with Crippen LogP contribution in [0.2, 0.25) is 0 Å². The Bertz CT molecular complexity index is 744. The number of hydrogen-bond acceptors (Lipinski definition) is 8. The Kier molecular flexibility index (Phi) is 3.87. The van der Waals surface area contributed by atoms with Crippen LogP contribution in [0.25, 0.3) is 0 Å². The molecule has 0 aliphatic rings. The molecule has 0 unspecified atom stereocenters. The largest absolute Gasteiger partial charge is 0.332 e. The van der Waals surface area contributed by atoms with Crippen LogP contribution in [0.4, 0.5) is 27.5 Å². The molecule has 0 radical (unpaired) electrons. The highest BCUT2D eigenvalue weighted by molar-refractivity contribution is 5.66. The molecule has 2 aromatic rings. The van der Waals surface area contributed by atoms with Crippen LogP contribution in [0.15, 0.2) is 24.4 Å². The molecule has 0 spiro atoms. The fourth-order valence-electron chi connectivity index (χ4n) is 1.48. The summed E-state index contributed by atoms with van der Waals surface area (Å²) in [6, 6.07) is 5.41. The van der Waals surface area contributed by atoms with Gasteiger partial charge in [0.25, 0.3) is 0 Å². The van der Waals surface area contributed by atoms with Crippen LogP contribution in [-0.4, -0.2) is 14.9 Å². The summed E-state index contributed by atoms with van der Waals surface area (Å²) in [4.78, 5) is 17.5. The molecule has 0 aliphatic carbocycles.